The Hall–Kier alpha value is -0.980. The van der Waals surface area contributed by atoms with Gasteiger partial charge >= 0.3 is 0 Å². The van der Waals surface area contributed by atoms with E-state index in [1.807, 2.05) is 12.3 Å². The summed E-state index contributed by atoms with van der Waals surface area (Å²) in [4.78, 5) is 0. The molecule has 0 aromatic rings. The Morgan fingerprint density at radius 3 is 3.07 bits per heavy atom. The van der Waals surface area contributed by atoms with Gasteiger partial charge in [0, 0.05) is 17.8 Å². The topological polar surface area (TPSA) is 12.0 Å². The molecule has 0 aromatic heterocycles. The summed E-state index contributed by atoms with van der Waals surface area (Å²) in [5.41, 5.74) is 1.36. The summed E-state index contributed by atoms with van der Waals surface area (Å²) >= 11 is 0. The molecule has 1 nitrogen and oxygen atoms in total. The molecule has 2 rings (SSSR count). The summed E-state index contributed by atoms with van der Waals surface area (Å²) < 4.78 is 0. The first-order valence-corrected chi connectivity index (χ1v) is 5.60. The van der Waals surface area contributed by atoms with E-state index in [1.54, 1.807) is 0 Å². The Morgan fingerprint density at radius 1 is 1.07 bits per heavy atom. The van der Waals surface area contributed by atoms with Gasteiger partial charge in [-0.25, -0.2) is 0 Å². The lowest BCUT2D eigenvalue weighted by molar-refractivity contribution is 0.591. The highest BCUT2D eigenvalue weighted by molar-refractivity contribution is 5.24. The van der Waals surface area contributed by atoms with Crippen molar-refractivity contribution in [2.45, 2.75) is 32.1 Å². The fraction of sp³-hybridized carbons (Fsp3) is 0.462. The van der Waals surface area contributed by atoms with Crippen LogP contribution < -0.4 is 5.32 Å². The molecule has 0 bridgehead atoms. The molecule has 1 aliphatic carbocycles. The average molecular weight is 188 g/mol. The quantitative estimate of drug-likeness (QED) is 0.622. The molecule has 1 fully saturated rings. The van der Waals surface area contributed by atoms with Gasteiger partial charge in [0.15, 0.2) is 0 Å². The Kier molecular flexibility index (Phi) is 3.44. The maximum absolute atomic E-state index is 3.37. The smallest absolute Gasteiger partial charge is 0.0180 e. The van der Waals surface area contributed by atoms with Crippen LogP contribution >= 0.6 is 0 Å². The summed E-state index contributed by atoms with van der Waals surface area (Å²) in [6, 6.07) is 0. The third kappa shape index (κ3) is 2.50. The summed E-state index contributed by atoms with van der Waals surface area (Å²) in [5, 5.41) is 3.37. The van der Waals surface area contributed by atoms with Crippen molar-refractivity contribution in [2.24, 2.45) is 5.92 Å². The standard InChI is InChI=1S/C13H18N/c1-2-5-9-12(8-4-1)13-10-6-3-7-11-14-13/h3,6-8,10-12,14H,1-2,4-5,9H2. The highest BCUT2D eigenvalue weighted by Gasteiger charge is 2.15. The molecule has 0 amide bonds. The van der Waals surface area contributed by atoms with E-state index in [0.29, 0.717) is 5.92 Å². The van der Waals surface area contributed by atoms with E-state index in [2.05, 4.69) is 30.0 Å². The average Bonchev–Trinajstić information content (AvgIpc) is 2.62. The van der Waals surface area contributed by atoms with Crippen LogP contribution in [-0.4, -0.2) is 0 Å². The summed E-state index contributed by atoms with van der Waals surface area (Å²) in [7, 11) is 0. The predicted octanol–water partition coefficient (Wildman–Crippen LogP) is 3.33. The molecule has 0 spiro atoms. The van der Waals surface area contributed by atoms with Gasteiger partial charge in [-0.3, -0.25) is 0 Å². The lowest BCUT2D eigenvalue weighted by atomic mass is 9.96. The molecule has 1 N–H and O–H groups in total. The minimum atomic E-state index is 0.643. The van der Waals surface area contributed by atoms with E-state index in [9.17, 15) is 0 Å². The van der Waals surface area contributed by atoms with E-state index in [-0.39, 0.29) is 0 Å². The SMILES string of the molecule is [CH]1CCCCCC1C1=CC=CC=CN1. The zero-order valence-corrected chi connectivity index (χ0v) is 8.58. The van der Waals surface area contributed by atoms with Crippen LogP contribution in [-0.2, 0) is 0 Å². The molecule has 0 saturated heterocycles. The zero-order chi connectivity index (χ0) is 9.64. The predicted molar refractivity (Wildman–Crippen MR) is 60.4 cm³/mol. The van der Waals surface area contributed by atoms with Crippen LogP contribution in [0.5, 0.6) is 0 Å². The van der Waals surface area contributed by atoms with Crippen LogP contribution in [0.1, 0.15) is 32.1 Å². The van der Waals surface area contributed by atoms with Crippen LogP contribution in [0.3, 0.4) is 0 Å². The number of hydrogen-bond donors (Lipinski definition) is 1. The van der Waals surface area contributed by atoms with Crippen LogP contribution in [0.25, 0.3) is 0 Å². The summed E-state index contributed by atoms with van der Waals surface area (Å²) in [6.45, 7) is 0. The highest BCUT2D eigenvalue weighted by Crippen LogP contribution is 2.27. The summed E-state index contributed by atoms with van der Waals surface area (Å²) in [5.74, 6) is 0.643. The minimum Gasteiger partial charge on any atom is -0.365 e. The van der Waals surface area contributed by atoms with Gasteiger partial charge in [0.1, 0.15) is 0 Å². The van der Waals surface area contributed by atoms with Crippen LogP contribution in [0.15, 0.2) is 36.2 Å². The Labute approximate surface area is 86.6 Å². The molecular weight excluding hydrogens is 170 g/mol. The molecule has 1 heteroatoms. The molecule has 1 atom stereocenters. The fourth-order valence-corrected chi connectivity index (χ4v) is 2.11. The highest BCUT2D eigenvalue weighted by atomic mass is 14.9. The van der Waals surface area contributed by atoms with Gasteiger partial charge in [-0.1, -0.05) is 31.4 Å². The van der Waals surface area contributed by atoms with Crippen molar-refractivity contribution in [1.82, 2.24) is 5.32 Å². The number of rotatable bonds is 1. The molecule has 1 heterocycles. The van der Waals surface area contributed by atoms with Crippen molar-refractivity contribution < 1.29 is 0 Å². The number of allylic oxidation sites excluding steroid dienone is 5. The van der Waals surface area contributed by atoms with Crippen molar-refractivity contribution in [1.29, 1.82) is 0 Å². The van der Waals surface area contributed by atoms with Gasteiger partial charge in [-0.2, -0.15) is 0 Å². The lowest BCUT2D eigenvalue weighted by Crippen LogP contribution is -2.15. The third-order valence-electron chi connectivity index (χ3n) is 2.91. The van der Waals surface area contributed by atoms with E-state index in [1.165, 1.54) is 37.8 Å². The molecule has 1 unspecified atom stereocenters. The molecule has 75 valence electrons. The largest absolute Gasteiger partial charge is 0.365 e. The monoisotopic (exact) mass is 188 g/mol. The molecule has 0 aromatic carbocycles. The van der Waals surface area contributed by atoms with E-state index in [4.69, 9.17) is 0 Å². The van der Waals surface area contributed by atoms with Gasteiger partial charge in [0.05, 0.1) is 0 Å². The number of hydrogen-bond acceptors (Lipinski definition) is 1. The first-order valence-electron chi connectivity index (χ1n) is 5.60. The molecule has 1 radical (unpaired) electrons. The van der Waals surface area contributed by atoms with Gasteiger partial charge in [0.25, 0.3) is 0 Å². The first kappa shape index (κ1) is 9.57. The van der Waals surface area contributed by atoms with Gasteiger partial charge in [-0.05, 0) is 31.4 Å². The molecule has 1 aliphatic heterocycles. The van der Waals surface area contributed by atoms with Crippen molar-refractivity contribution in [2.75, 3.05) is 0 Å². The first-order chi connectivity index (χ1) is 6.97. The number of nitrogens with one attached hydrogen (secondary N) is 1. The van der Waals surface area contributed by atoms with Gasteiger partial charge in [0.2, 0.25) is 0 Å². The normalized spacial score (nSPS) is 23.6. The van der Waals surface area contributed by atoms with Crippen LogP contribution in [0.2, 0.25) is 0 Å². The fourth-order valence-electron chi connectivity index (χ4n) is 2.11. The lowest BCUT2D eigenvalue weighted by Gasteiger charge is -2.17. The van der Waals surface area contributed by atoms with Crippen molar-refractivity contribution in [3.63, 3.8) is 0 Å². The Bertz CT molecular complexity index is 252. The minimum absolute atomic E-state index is 0.643. The van der Waals surface area contributed by atoms with E-state index < -0.39 is 0 Å². The second kappa shape index (κ2) is 5.04. The van der Waals surface area contributed by atoms with Crippen molar-refractivity contribution >= 4 is 0 Å². The maximum Gasteiger partial charge on any atom is 0.0180 e. The molecule has 2 aliphatic rings. The van der Waals surface area contributed by atoms with Gasteiger partial charge < -0.3 is 5.32 Å². The van der Waals surface area contributed by atoms with Gasteiger partial charge in [-0.15, -0.1) is 0 Å². The second-order valence-corrected chi connectivity index (χ2v) is 3.99. The van der Waals surface area contributed by atoms with Crippen molar-refractivity contribution in [3.05, 3.63) is 42.6 Å². The second-order valence-electron chi connectivity index (χ2n) is 3.99. The van der Waals surface area contributed by atoms with Crippen LogP contribution in [0.4, 0.5) is 0 Å². The Balaban J connectivity index is 2.01. The van der Waals surface area contributed by atoms with Crippen molar-refractivity contribution in [3.8, 4) is 0 Å². The molecular formula is C13H18N. The maximum atomic E-state index is 3.37. The third-order valence-corrected chi connectivity index (χ3v) is 2.91. The van der Waals surface area contributed by atoms with Crippen LogP contribution in [0, 0.1) is 12.3 Å². The van der Waals surface area contributed by atoms with E-state index in [0.717, 1.165) is 0 Å². The molecule has 1 saturated carbocycles. The molecule has 14 heavy (non-hydrogen) atoms. The zero-order valence-electron chi connectivity index (χ0n) is 8.58. The summed E-state index contributed by atoms with van der Waals surface area (Å²) in [6.07, 6.45) is 19.6. The Morgan fingerprint density at radius 2 is 2.07 bits per heavy atom. The van der Waals surface area contributed by atoms with E-state index >= 15 is 0 Å².